The van der Waals surface area contributed by atoms with Crippen molar-refractivity contribution >= 4 is 5.78 Å². The van der Waals surface area contributed by atoms with Crippen LogP contribution in [0.4, 0.5) is 0 Å². The van der Waals surface area contributed by atoms with Crippen LogP contribution in [0.1, 0.15) is 55.2 Å². The number of hydrogen-bond acceptors (Lipinski definition) is 2. The van der Waals surface area contributed by atoms with Gasteiger partial charge in [0.25, 0.3) is 0 Å². The number of methoxy groups -OCH3 is 1. The first-order chi connectivity index (χ1) is 11.4. The van der Waals surface area contributed by atoms with E-state index in [4.69, 9.17) is 4.74 Å². The van der Waals surface area contributed by atoms with Gasteiger partial charge in [0.15, 0.2) is 5.78 Å². The van der Waals surface area contributed by atoms with Crippen molar-refractivity contribution in [3.8, 4) is 5.75 Å². The molecule has 1 aliphatic heterocycles. The lowest BCUT2D eigenvalue weighted by Gasteiger charge is -2.53. The fourth-order valence-corrected chi connectivity index (χ4v) is 6.06. The van der Waals surface area contributed by atoms with Crippen molar-refractivity contribution in [1.82, 2.24) is 0 Å². The Bertz CT molecular complexity index is 689. The molecule has 3 atom stereocenters. The van der Waals surface area contributed by atoms with Crippen LogP contribution in [-0.4, -0.2) is 43.6 Å². The number of aryl methyl sites for hydroxylation is 1. The Hall–Kier alpha value is -1.35. The number of hydrogen-bond donors (Lipinski definition) is 0. The van der Waals surface area contributed by atoms with Gasteiger partial charge in [0.1, 0.15) is 11.8 Å². The first kappa shape index (κ1) is 16.1. The predicted octanol–water partition coefficient (Wildman–Crippen LogP) is 3.62. The van der Waals surface area contributed by atoms with Crippen molar-refractivity contribution < 1.29 is 14.0 Å². The molecular weight excluding hydrogens is 298 g/mol. The average Bonchev–Trinajstić information content (AvgIpc) is 2.96. The van der Waals surface area contributed by atoms with Gasteiger partial charge in [-0.15, -0.1) is 0 Å². The third-order valence-corrected chi connectivity index (χ3v) is 7.27. The summed E-state index contributed by atoms with van der Waals surface area (Å²) in [5, 5.41) is 0. The molecule has 3 heteroatoms. The van der Waals surface area contributed by atoms with E-state index >= 15 is 0 Å². The molecule has 2 fully saturated rings. The van der Waals surface area contributed by atoms with Crippen molar-refractivity contribution in [1.29, 1.82) is 0 Å². The van der Waals surface area contributed by atoms with Crippen LogP contribution in [0, 0.1) is 12.3 Å². The number of likely N-dealkylation sites (tertiary alicyclic amines) is 1. The number of nitrogens with zero attached hydrogens (tertiary/aromatic N) is 1. The molecule has 24 heavy (non-hydrogen) atoms. The first-order valence-corrected chi connectivity index (χ1v) is 9.45. The summed E-state index contributed by atoms with van der Waals surface area (Å²) in [5.41, 5.74) is 3.61. The van der Waals surface area contributed by atoms with Gasteiger partial charge in [0, 0.05) is 25.2 Å². The zero-order chi connectivity index (χ0) is 17.1. The van der Waals surface area contributed by atoms with Crippen LogP contribution in [0.3, 0.4) is 0 Å². The van der Waals surface area contributed by atoms with Gasteiger partial charge in [0.2, 0.25) is 0 Å². The lowest BCUT2D eigenvalue weighted by Crippen LogP contribution is -2.64. The van der Waals surface area contributed by atoms with Crippen LogP contribution in [-0.2, 0) is 11.2 Å². The largest absolute Gasteiger partial charge is 0.496 e. The van der Waals surface area contributed by atoms with Crippen LogP contribution in [0.15, 0.2) is 12.1 Å². The number of quaternary nitrogens is 1. The summed E-state index contributed by atoms with van der Waals surface area (Å²) in [6, 6.07) is 4.90. The fraction of sp³-hybridized carbons (Fsp3) is 0.667. The van der Waals surface area contributed by atoms with E-state index in [0.29, 0.717) is 11.8 Å². The molecular formula is C21H30NO2+. The van der Waals surface area contributed by atoms with E-state index in [-0.39, 0.29) is 11.3 Å². The number of carbonyl (C=O) groups is 1. The summed E-state index contributed by atoms with van der Waals surface area (Å²) in [4.78, 5) is 13.4. The Balaban J connectivity index is 1.79. The van der Waals surface area contributed by atoms with E-state index in [9.17, 15) is 4.79 Å². The van der Waals surface area contributed by atoms with Crippen LogP contribution in [0.5, 0.6) is 5.75 Å². The minimum atomic E-state index is -0.198. The molecule has 3 aliphatic rings. The van der Waals surface area contributed by atoms with E-state index < -0.39 is 0 Å². The molecule has 1 heterocycles. The minimum absolute atomic E-state index is 0.0821. The van der Waals surface area contributed by atoms with Crippen LogP contribution in [0.25, 0.3) is 0 Å². The van der Waals surface area contributed by atoms with Crippen LogP contribution in [0.2, 0.25) is 0 Å². The van der Waals surface area contributed by atoms with Crippen molar-refractivity contribution in [3.63, 3.8) is 0 Å². The smallest absolute Gasteiger partial charge is 0.152 e. The van der Waals surface area contributed by atoms with Gasteiger partial charge in [0.05, 0.1) is 32.7 Å². The second-order valence-corrected chi connectivity index (χ2v) is 8.76. The summed E-state index contributed by atoms with van der Waals surface area (Å²) in [5.74, 6) is 1.49. The monoisotopic (exact) mass is 328 g/mol. The van der Waals surface area contributed by atoms with Gasteiger partial charge in [-0.3, -0.25) is 4.79 Å². The van der Waals surface area contributed by atoms with E-state index in [2.05, 4.69) is 33.0 Å². The molecule has 0 N–H and O–H groups in total. The number of fused-ring (bicyclic) bond motifs is 4. The van der Waals surface area contributed by atoms with Crippen molar-refractivity contribution in [2.45, 2.75) is 57.9 Å². The predicted molar refractivity (Wildman–Crippen MR) is 95.5 cm³/mol. The van der Waals surface area contributed by atoms with Crippen LogP contribution < -0.4 is 4.74 Å². The van der Waals surface area contributed by atoms with Gasteiger partial charge in [-0.25, -0.2) is 0 Å². The topological polar surface area (TPSA) is 26.3 Å². The Morgan fingerprint density at radius 1 is 1.21 bits per heavy atom. The second-order valence-electron chi connectivity index (χ2n) is 8.76. The van der Waals surface area contributed by atoms with E-state index in [1.54, 1.807) is 7.11 Å². The van der Waals surface area contributed by atoms with E-state index in [1.807, 2.05) is 0 Å². The number of carbonyl (C=O) groups excluding carboxylic acids is 1. The standard InChI is InChI=1S/C21H30NO2/c1-14-11-15-13-21(2)19(22(3)9-5-6-10-22)8-7-16(20(21)23)17(15)12-18(14)24-4/h11-12,16,19H,5-10,13H2,1-4H3/q+1/t16-,19?,21-/m0/s1. The molecule has 3 nitrogen and oxygen atoms in total. The zero-order valence-electron chi connectivity index (χ0n) is 15.5. The SMILES string of the molecule is COc1cc2c(cc1C)C[C@]1(C)C(=O)[C@H]2CCC1[N+]1(C)CCCC1. The molecule has 1 saturated carbocycles. The molecule has 1 aromatic carbocycles. The Morgan fingerprint density at radius 2 is 1.92 bits per heavy atom. The van der Waals surface area contributed by atoms with Gasteiger partial charge in [-0.05, 0) is 49.4 Å². The van der Waals surface area contributed by atoms with Crippen LogP contribution >= 0.6 is 0 Å². The maximum absolute atomic E-state index is 13.4. The lowest BCUT2D eigenvalue weighted by atomic mass is 9.57. The number of ketones is 1. The molecule has 2 aliphatic carbocycles. The second kappa shape index (κ2) is 5.32. The Labute approximate surface area is 145 Å². The highest BCUT2D eigenvalue weighted by Crippen LogP contribution is 2.52. The summed E-state index contributed by atoms with van der Waals surface area (Å²) in [7, 11) is 4.12. The molecule has 0 radical (unpaired) electrons. The quantitative estimate of drug-likeness (QED) is 0.775. The molecule has 2 bridgehead atoms. The van der Waals surface area contributed by atoms with Crippen molar-refractivity contribution in [3.05, 3.63) is 28.8 Å². The number of rotatable bonds is 2. The summed E-state index contributed by atoms with van der Waals surface area (Å²) in [6.07, 6.45) is 5.72. The normalized spacial score (nSPS) is 34.1. The van der Waals surface area contributed by atoms with Gasteiger partial charge in [-0.1, -0.05) is 6.07 Å². The Kier molecular flexibility index (Phi) is 3.58. The van der Waals surface area contributed by atoms with Crippen molar-refractivity contribution in [2.75, 3.05) is 27.2 Å². The third-order valence-electron chi connectivity index (χ3n) is 7.27. The number of Topliss-reactive ketones (excluding diaryl/α,β-unsaturated/α-hetero) is 1. The number of ether oxygens (including phenoxy) is 1. The highest BCUT2D eigenvalue weighted by atomic mass is 16.5. The van der Waals surface area contributed by atoms with Gasteiger partial charge in [-0.2, -0.15) is 0 Å². The molecule has 0 amide bonds. The molecule has 1 saturated heterocycles. The minimum Gasteiger partial charge on any atom is -0.496 e. The highest BCUT2D eigenvalue weighted by molar-refractivity contribution is 5.94. The third kappa shape index (κ3) is 2.10. The molecule has 1 unspecified atom stereocenters. The molecule has 0 aromatic heterocycles. The lowest BCUT2D eigenvalue weighted by molar-refractivity contribution is -0.929. The Morgan fingerprint density at radius 3 is 2.58 bits per heavy atom. The molecule has 0 spiro atoms. The van der Waals surface area contributed by atoms with E-state index in [0.717, 1.165) is 23.1 Å². The van der Waals surface area contributed by atoms with E-state index in [1.165, 1.54) is 49.0 Å². The molecule has 130 valence electrons. The highest BCUT2D eigenvalue weighted by Gasteiger charge is 2.58. The maximum atomic E-state index is 13.4. The number of benzene rings is 1. The van der Waals surface area contributed by atoms with Crippen molar-refractivity contribution in [2.24, 2.45) is 5.41 Å². The molecule has 4 rings (SSSR count). The molecule has 1 aromatic rings. The zero-order valence-corrected chi connectivity index (χ0v) is 15.5. The summed E-state index contributed by atoms with van der Waals surface area (Å²) in [6.45, 7) is 6.86. The summed E-state index contributed by atoms with van der Waals surface area (Å²) >= 11 is 0. The van der Waals surface area contributed by atoms with Gasteiger partial charge >= 0.3 is 0 Å². The average molecular weight is 328 g/mol. The fourth-order valence-electron chi connectivity index (χ4n) is 6.06. The summed E-state index contributed by atoms with van der Waals surface area (Å²) < 4.78 is 6.62. The first-order valence-electron chi connectivity index (χ1n) is 9.45. The van der Waals surface area contributed by atoms with Gasteiger partial charge < -0.3 is 9.22 Å². The maximum Gasteiger partial charge on any atom is 0.152 e.